The molecule has 1 aromatic carbocycles. The minimum absolute atomic E-state index is 0.00701. The highest BCUT2D eigenvalue weighted by atomic mass is 16.5. The third kappa shape index (κ3) is 4.33. The highest BCUT2D eigenvalue weighted by Crippen LogP contribution is 2.24. The largest absolute Gasteiger partial charge is 0.374 e. The van der Waals surface area contributed by atoms with Crippen LogP contribution in [0.25, 0.3) is 0 Å². The number of rotatable bonds is 4. The van der Waals surface area contributed by atoms with Gasteiger partial charge in [-0.15, -0.1) is 0 Å². The van der Waals surface area contributed by atoms with Gasteiger partial charge in [0.15, 0.2) is 0 Å². The van der Waals surface area contributed by atoms with E-state index in [1.165, 1.54) is 12.5 Å². The Kier molecular flexibility index (Phi) is 4.22. The van der Waals surface area contributed by atoms with E-state index >= 15 is 0 Å². The Morgan fingerprint density at radius 1 is 1.37 bits per heavy atom. The third-order valence-corrected chi connectivity index (χ3v) is 3.28. The van der Waals surface area contributed by atoms with Crippen molar-refractivity contribution >= 4 is 11.6 Å². The first kappa shape index (κ1) is 14.0. The van der Waals surface area contributed by atoms with E-state index in [1.54, 1.807) is 0 Å². The van der Waals surface area contributed by atoms with Gasteiger partial charge in [0.25, 0.3) is 0 Å². The molecular weight excluding hydrogens is 240 g/mol. The van der Waals surface area contributed by atoms with Crippen LogP contribution in [0.4, 0.5) is 5.69 Å². The third-order valence-electron chi connectivity index (χ3n) is 3.28. The molecular formula is C15H22N2O2. The average molecular weight is 262 g/mol. The van der Waals surface area contributed by atoms with Crippen molar-refractivity contribution < 1.29 is 9.53 Å². The summed E-state index contributed by atoms with van der Waals surface area (Å²) in [6.07, 6.45) is 1.04. The van der Waals surface area contributed by atoms with Crippen LogP contribution in [-0.4, -0.2) is 24.2 Å². The van der Waals surface area contributed by atoms with Crippen LogP contribution >= 0.6 is 0 Å². The topological polar surface area (TPSA) is 50.4 Å². The van der Waals surface area contributed by atoms with Crippen molar-refractivity contribution in [1.82, 2.24) is 5.32 Å². The van der Waals surface area contributed by atoms with Crippen LogP contribution in [0.15, 0.2) is 24.3 Å². The molecule has 0 aliphatic carbocycles. The number of carbonyl (C=O) groups excluding carboxylic acids is 1. The van der Waals surface area contributed by atoms with Gasteiger partial charge >= 0.3 is 0 Å². The maximum absolute atomic E-state index is 10.9. The zero-order valence-corrected chi connectivity index (χ0v) is 11.8. The van der Waals surface area contributed by atoms with E-state index in [4.69, 9.17) is 4.74 Å². The predicted molar refractivity (Wildman–Crippen MR) is 76.0 cm³/mol. The van der Waals surface area contributed by atoms with Crippen molar-refractivity contribution in [3.05, 3.63) is 29.8 Å². The van der Waals surface area contributed by atoms with Gasteiger partial charge in [-0.1, -0.05) is 12.1 Å². The van der Waals surface area contributed by atoms with Gasteiger partial charge in [0.2, 0.25) is 5.91 Å². The number of amides is 1. The Bertz CT molecular complexity index is 440. The van der Waals surface area contributed by atoms with Crippen LogP contribution in [0.5, 0.6) is 0 Å². The molecule has 1 atom stereocenters. The first-order valence-corrected chi connectivity index (χ1v) is 6.68. The Hall–Kier alpha value is -1.39. The maximum Gasteiger partial charge on any atom is 0.221 e. The summed E-state index contributed by atoms with van der Waals surface area (Å²) in [4.78, 5) is 10.9. The predicted octanol–water partition coefficient (Wildman–Crippen LogP) is 2.30. The minimum Gasteiger partial charge on any atom is -0.374 e. The van der Waals surface area contributed by atoms with Crippen molar-refractivity contribution in [2.24, 2.45) is 0 Å². The molecule has 4 heteroatoms. The number of hydrogen-bond acceptors (Lipinski definition) is 3. The fourth-order valence-corrected chi connectivity index (χ4v) is 2.34. The first-order chi connectivity index (χ1) is 8.94. The van der Waals surface area contributed by atoms with E-state index < -0.39 is 0 Å². The molecule has 19 heavy (non-hydrogen) atoms. The fourth-order valence-electron chi connectivity index (χ4n) is 2.34. The average Bonchev–Trinajstić information content (AvgIpc) is 2.67. The first-order valence-electron chi connectivity index (χ1n) is 6.68. The van der Waals surface area contributed by atoms with Gasteiger partial charge < -0.3 is 15.4 Å². The molecule has 0 bridgehead atoms. The van der Waals surface area contributed by atoms with Crippen LogP contribution in [0.3, 0.4) is 0 Å². The Labute approximate surface area is 114 Å². The lowest BCUT2D eigenvalue weighted by Gasteiger charge is -2.16. The lowest BCUT2D eigenvalue weighted by Crippen LogP contribution is -2.29. The second-order valence-electron chi connectivity index (χ2n) is 5.73. The molecule has 1 heterocycles. The molecule has 1 amide bonds. The van der Waals surface area contributed by atoms with Crippen molar-refractivity contribution in [2.75, 3.05) is 11.9 Å². The Morgan fingerprint density at radius 2 is 2.05 bits per heavy atom. The second-order valence-corrected chi connectivity index (χ2v) is 5.73. The summed E-state index contributed by atoms with van der Waals surface area (Å²) in [5.41, 5.74) is 2.04. The van der Waals surface area contributed by atoms with E-state index in [9.17, 15) is 4.79 Å². The molecule has 1 fully saturated rings. The van der Waals surface area contributed by atoms with Crippen LogP contribution in [0, 0.1) is 0 Å². The quantitative estimate of drug-likeness (QED) is 0.875. The summed E-state index contributed by atoms with van der Waals surface area (Å²) in [6, 6.07) is 8.32. The highest BCUT2D eigenvalue weighted by Gasteiger charge is 2.31. The molecule has 2 rings (SSSR count). The van der Waals surface area contributed by atoms with E-state index in [-0.39, 0.29) is 11.5 Å². The fraction of sp³-hybridized carbons (Fsp3) is 0.533. The van der Waals surface area contributed by atoms with Gasteiger partial charge in [-0.05, 0) is 38.0 Å². The molecule has 0 aromatic heterocycles. The number of benzene rings is 1. The molecule has 0 spiro atoms. The van der Waals surface area contributed by atoms with Crippen molar-refractivity contribution in [3.8, 4) is 0 Å². The molecule has 1 aliphatic rings. The number of carbonyl (C=O) groups is 1. The van der Waals surface area contributed by atoms with E-state index in [0.717, 1.165) is 25.3 Å². The second kappa shape index (κ2) is 5.72. The molecule has 1 aromatic rings. The molecule has 1 aliphatic heterocycles. The zero-order chi connectivity index (χ0) is 13.9. The summed E-state index contributed by atoms with van der Waals surface area (Å²) in [7, 11) is 0. The van der Waals surface area contributed by atoms with E-state index in [0.29, 0.717) is 6.04 Å². The standard InChI is InChI=1S/C15H22N2O2/c1-11(18)17-13-6-4-12(5-7-13)9-16-14-8-15(2,3)19-10-14/h4-7,14,16H,8-10H2,1-3H3,(H,17,18). The van der Waals surface area contributed by atoms with Gasteiger partial charge in [-0.25, -0.2) is 0 Å². The molecule has 0 saturated carbocycles. The summed E-state index contributed by atoms with van der Waals surface area (Å²) < 4.78 is 5.69. The number of ether oxygens (including phenoxy) is 1. The number of anilines is 1. The van der Waals surface area contributed by atoms with Gasteiger partial charge in [0, 0.05) is 25.2 Å². The minimum atomic E-state index is -0.0452. The van der Waals surface area contributed by atoms with Crippen LogP contribution in [0.2, 0.25) is 0 Å². The van der Waals surface area contributed by atoms with Crippen LogP contribution in [-0.2, 0) is 16.1 Å². The summed E-state index contributed by atoms with van der Waals surface area (Å²) in [6.45, 7) is 7.35. The molecule has 1 saturated heterocycles. The van der Waals surface area contributed by atoms with Crippen molar-refractivity contribution in [3.63, 3.8) is 0 Å². The maximum atomic E-state index is 10.9. The summed E-state index contributed by atoms with van der Waals surface area (Å²) in [5.74, 6) is -0.0452. The SMILES string of the molecule is CC(=O)Nc1ccc(CNC2COC(C)(C)C2)cc1. The molecule has 104 valence electrons. The van der Waals surface area contributed by atoms with Gasteiger partial charge in [0.1, 0.15) is 0 Å². The van der Waals surface area contributed by atoms with E-state index in [1.807, 2.05) is 24.3 Å². The summed E-state index contributed by atoms with van der Waals surface area (Å²) in [5, 5.41) is 6.26. The molecule has 2 N–H and O–H groups in total. The van der Waals surface area contributed by atoms with Gasteiger partial charge in [-0.3, -0.25) is 4.79 Å². The van der Waals surface area contributed by atoms with E-state index in [2.05, 4.69) is 24.5 Å². The van der Waals surface area contributed by atoms with Crippen molar-refractivity contribution in [1.29, 1.82) is 0 Å². The molecule has 0 radical (unpaired) electrons. The summed E-state index contributed by atoms with van der Waals surface area (Å²) >= 11 is 0. The molecule has 1 unspecified atom stereocenters. The zero-order valence-electron chi connectivity index (χ0n) is 11.8. The van der Waals surface area contributed by atoms with Gasteiger partial charge in [0.05, 0.1) is 12.2 Å². The highest BCUT2D eigenvalue weighted by molar-refractivity contribution is 5.88. The smallest absolute Gasteiger partial charge is 0.221 e. The number of hydrogen-bond donors (Lipinski definition) is 2. The normalized spacial score (nSPS) is 21.3. The Balaban J connectivity index is 1.82. The monoisotopic (exact) mass is 262 g/mol. The van der Waals surface area contributed by atoms with Gasteiger partial charge in [-0.2, -0.15) is 0 Å². The lowest BCUT2D eigenvalue weighted by atomic mass is 10.0. The Morgan fingerprint density at radius 3 is 2.58 bits per heavy atom. The number of nitrogens with one attached hydrogen (secondary N) is 2. The lowest BCUT2D eigenvalue weighted by molar-refractivity contribution is -0.114. The van der Waals surface area contributed by atoms with Crippen molar-refractivity contribution in [2.45, 2.75) is 45.4 Å². The molecule has 4 nitrogen and oxygen atoms in total. The van der Waals surface area contributed by atoms with Crippen LogP contribution in [0.1, 0.15) is 32.8 Å². The van der Waals surface area contributed by atoms with Crippen LogP contribution < -0.4 is 10.6 Å².